The van der Waals surface area contributed by atoms with E-state index in [2.05, 4.69) is 17.3 Å². The second-order valence-electron chi connectivity index (χ2n) is 5.20. The van der Waals surface area contributed by atoms with E-state index in [-0.39, 0.29) is 17.6 Å². The molecule has 0 unspecified atom stereocenters. The number of piperidine rings is 1. The minimum absolute atomic E-state index is 0.0354. The van der Waals surface area contributed by atoms with Crippen molar-refractivity contribution < 1.29 is 9.59 Å². The smallest absolute Gasteiger partial charge is 0.227 e. The lowest BCUT2D eigenvalue weighted by Gasteiger charge is -2.28. The standard InChI is InChI=1S/C15H20N2O2/c1-11(18)12-3-5-14(6-4-12)16-15(19)13-7-9-17(2)10-8-13/h3-6,13H,7-10H2,1-2H3,(H,16,19). The van der Waals surface area contributed by atoms with Crippen molar-refractivity contribution in [3.05, 3.63) is 29.8 Å². The van der Waals surface area contributed by atoms with Gasteiger partial charge in [0.25, 0.3) is 0 Å². The number of carbonyl (C=O) groups excluding carboxylic acids is 2. The summed E-state index contributed by atoms with van der Waals surface area (Å²) in [6.07, 6.45) is 1.82. The van der Waals surface area contributed by atoms with Gasteiger partial charge in [-0.25, -0.2) is 0 Å². The van der Waals surface area contributed by atoms with Gasteiger partial charge in [-0.15, -0.1) is 0 Å². The number of Topliss-reactive ketones (excluding diaryl/α,β-unsaturated/α-hetero) is 1. The lowest BCUT2D eigenvalue weighted by atomic mass is 9.96. The number of likely N-dealkylation sites (tertiary alicyclic amines) is 1. The number of rotatable bonds is 3. The van der Waals surface area contributed by atoms with Crippen LogP contribution in [0.5, 0.6) is 0 Å². The molecule has 4 heteroatoms. The van der Waals surface area contributed by atoms with Gasteiger partial charge in [0.15, 0.2) is 5.78 Å². The Morgan fingerprint density at radius 2 is 1.74 bits per heavy atom. The van der Waals surface area contributed by atoms with Crippen LogP contribution in [0.3, 0.4) is 0 Å². The molecule has 4 nitrogen and oxygen atoms in total. The summed E-state index contributed by atoms with van der Waals surface area (Å²) >= 11 is 0. The van der Waals surface area contributed by atoms with E-state index in [4.69, 9.17) is 0 Å². The van der Waals surface area contributed by atoms with Gasteiger partial charge in [-0.3, -0.25) is 9.59 Å². The van der Waals surface area contributed by atoms with Crippen molar-refractivity contribution >= 4 is 17.4 Å². The molecule has 1 heterocycles. The summed E-state index contributed by atoms with van der Waals surface area (Å²) in [4.78, 5) is 25.5. The number of benzene rings is 1. The Kier molecular flexibility index (Phi) is 4.32. The minimum atomic E-state index is 0.0354. The van der Waals surface area contributed by atoms with E-state index in [0.717, 1.165) is 31.6 Å². The molecule has 0 saturated carbocycles. The first kappa shape index (κ1) is 13.7. The second kappa shape index (κ2) is 5.97. The van der Waals surface area contributed by atoms with Crippen LogP contribution < -0.4 is 5.32 Å². The van der Waals surface area contributed by atoms with Crippen molar-refractivity contribution in [3.8, 4) is 0 Å². The first-order valence-corrected chi connectivity index (χ1v) is 6.66. The Hall–Kier alpha value is -1.68. The number of ketones is 1. The van der Waals surface area contributed by atoms with E-state index in [0.29, 0.717) is 5.56 Å². The summed E-state index contributed by atoms with van der Waals surface area (Å²) < 4.78 is 0. The van der Waals surface area contributed by atoms with Crippen LogP contribution in [0.1, 0.15) is 30.1 Å². The van der Waals surface area contributed by atoms with E-state index < -0.39 is 0 Å². The number of hydrogen-bond acceptors (Lipinski definition) is 3. The Balaban J connectivity index is 1.93. The number of carbonyl (C=O) groups is 2. The van der Waals surface area contributed by atoms with Crippen LogP contribution >= 0.6 is 0 Å². The summed E-state index contributed by atoms with van der Waals surface area (Å²) in [6.45, 7) is 3.48. The van der Waals surface area contributed by atoms with Gasteiger partial charge in [0.05, 0.1) is 0 Å². The van der Waals surface area contributed by atoms with Crippen LogP contribution in [0.2, 0.25) is 0 Å². The monoisotopic (exact) mass is 260 g/mol. The summed E-state index contributed by atoms with van der Waals surface area (Å²) in [5.41, 5.74) is 1.42. The molecule has 0 aliphatic carbocycles. The molecule has 0 radical (unpaired) electrons. The highest BCUT2D eigenvalue weighted by molar-refractivity contribution is 5.96. The summed E-state index contributed by atoms with van der Waals surface area (Å²) in [7, 11) is 2.08. The van der Waals surface area contributed by atoms with Gasteiger partial charge in [0, 0.05) is 17.2 Å². The fourth-order valence-electron chi connectivity index (χ4n) is 2.30. The molecule has 1 N–H and O–H groups in total. The highest BCUT2D eigenvalue weighted by atomic mass is 16.2. The Labute approximate surface area is 113 Å². The zero-order valence-corrected chi connectivity index (χ0v) is 11.5. The average Bonchev–Trinajstić information content (AvgIpc) is 2.40. The van der Waals surface area contributed by atoms with Crippen LogP contribution in [0.15, 0.2) is 24.3 Å². The van der Waals surface area contributed by atoms with Gasteiger partial charge < -0.3 is 10.2 Å². The topological polar surface area (TPSA) is 49.4 Å². The van der Waals surface area contributed by atoms with E-state index in [1.807, 2.05) is 0 Å². The molecule has 2 rings (SSSR count). The average molecular weight is 260 g/mol. The van der Waals surface area contributed by atoms with Gasteiger partial charge in [0.1, 0.15) is 0 Å². The van der Waals surface area contributed by atoms with E-state index >= 15 is 0 Å². The maximum atomic E-state index is 12.1. The molecule has 1 fully saturated rings. The lowest BCUT2D eigenvalue weighted by molar-refractivity contribution is -0.121. The molecule has 19 heavy (non-hydrogen) atoms. The Morgan fingerprint density at radius 1 is 1.16 bits per heavy atom. The SMILES string of the molecule is CC(=O)c1ccc(NC(=O)C2CCN(C)CC2)cc1. The molecule has 0 bridgehead atoms. The quantitative estimate of drug-likeness (QED) is 0.847. The number of anilines is 1. The van der Waals surface area contributed by atoms with E-state index in [9.17, 15) is 9.59 Å². The summed E-state index contributed by atoms with van der Waals surface area (Å²) in [6, 6.07) is 7.05. The predicted molar refractivity (Wildman–Crippen MR) is 75.3 cm³/mol. The second-order valence-corrected chi connectivity index (χ2v) is 5.20. The number of nitrogens with zero attached hydrogens (tertiary/aromatic N) is 1. The predicted octanol–water partition coefficient (Wildman–Crippen LogP) is 2.17. The molecule has 1 amide bonds. The molecule has 1 aromatic rings. The van der Waals surface area contributed by atoms with Crippen LogP contribution in [0.25, 0.3) is 0 Å². The third kappa shape index (κ3) is 3.64. The minimum Gasteiger partial charge on any atom is -0.326 e. The van der Waals surface area contributed by atoms with Gasteiger partial charge in [-0.05, 0) is 64.2 Å². The molecular formula is C15H20N2O2. The van der Waals surface area contributed by atoms with Crippen molar-refractivity contribution in [1.82, 2.24) is 4.90 Å². The number of amides is 1. The molecule has 1 aromatic carbocycles. The molecule has 102 valence electrons. The third-order valence-corrected chi connectivity index (χ3v) is 3.65. The normalized spacial score (nSPS) is 17.2. The summed E-state index contributed by atoms with van der Waals surface area (Å²) in [5, 5.41) is 2.92. The molecule has 1 aliphatic heterocycles. The first-order chi connectivity index (χ1) is 9.06. The maximum Gasteiger partial charge on any atom is 0.227 e. The van der Waals surface area contributed by atoms with Crippen LogP contribution in [0.4, 0.5) is 5.69 Å². The zero-order valence-electron chi connectivity index (χ0n) is 11.5. The van der Waals surface area contributed by atoms with Gasteiger partial charge in [0.2, 0.25) is 5.91 Å². The van der Waals surface area contributed by atoms with Crippen LogP contribution in [0, 0.1) is 5.92 Å². The van der Waals surface area contributed by atoms with Gasteiger partial charge in [-0.2, -0.15) is 0 Å². The molecule has 1 aliphatic rings. The fourth-order valence-corrected chi connectivity index (χ4v) is 2.30. The van der Waals surface area contributed by atoms with Gasteiger partial charge in [-0.1, -0.05) is 0 Å². The zero-order chi connectivity index (χ0) is 13.8. The molecule has 0 spiro atoms. The Morgan fingerprint density at radius 3 is 2.26 bits per heavy atom. The van der Waals surface area contributed by atoms with E-state index in [1.54, 1.807) is 24.3 Å². The van der Waals surface area contributed by atoms with Crippen LogP contribution in [-0.4, -0.2) is 36.7 Å². The first-order valence-electron chi connectivity index (χ1n) is 6.66. The van der Waals surface area contributed by atoms with Crippen molar-refractivity contribution in [2.75, 3.05) is 25.5 Å². The summed E-state index contributed by atoms with van der Waals surface area (Å²) in [5.74, 6) is 0.223. The van der Waals surface area contributed by atoms with Crippen molar-refractivity contribution in [2.45, 2.75) is 19.8 Å². The molecular weight excluding hydrogens is 240 g/mol. The number of nitrogens with one attached hydrogen (secondary N) is 1. The van der Waals surface area contributed by atoms with Crippen LogP contribution in [-0.2, 0) is 4.79 Å². The fraction of sp³-hybridized carbons (Fsp3) is 0.467. The molecule has 1 saturated heterocycles. The van der Waals surface area contributed by atoms with Crippen molar-refractivity contribution in [1.29, 1.82) is 0 Å². The molecule has 0 atom stereocenters. The third-order valence-electron chi connectivity index (χ3n) is 3.65. The number of hydrogen-bond donors (Lipinski definition) is 1. The maximum absolute atomic E-state index is 12.1. The largest absolute Gasteiger partial charge is 0.326 e. The van der Waals surface area contributed by atoms with Gasteiger partial charge >= 0.3 is 0 Å². The highest BCUT2D eigenvalue weighted by Gasteiger charge is 2.23. The van der Waals surface area contributed by atoms with Crippen molar-refractivity contribution in [3.63, 3.8) is 0 Å². The van der Waals surface area contributed by atoms with E-state index in [1.165, 1.54) is 6.92 Å². The molecule has 0 aromatic heterocycles. The lowest BCUT2D eigenvalue weighted by Crippen LogP contribution is -2.35. The van der Waals surface area contributed by atoms with Crippen molar-refractivity contribution in [2.24, 2.45) is 5.92 Å². The Bertz CT molecular complexity index is 460. The highest BCUT2D eigenvalue weighted by Crippen LogP contribution is 2.18.